The number of unbranched alkanes of at least 4 members (excludes halogenated alkanes) is 2. The molecule has 0 aromatic heterocycles. The fourth-order valence-corrected chi connectivity index (χ4v) is 3.02. The van der Waals surface area contributed by atoms with Crippen LogP contribution in [0, 0.1) is 0 Å². The molecule has 2 heteroatoms. The Morgan fingerprint density at radius 1 is 0.864 bits per heavy atom. The molecule has 0 spiro atoms. The van der Waals surface area contributed by atoms with Gasteiger partial charge in [-0.25, -0.2) is 0 Å². The van der Waals surface area contributed by atoms with Gasteiger partial charge in [-0.05, 0) is 48.2 Å². The van der Waals surface area contributed by atoms with Crippen LogP contribution in [0.25, 0.3) is 11.1 Å². The van der Waals surface area contributed by atoms with Gasteiger partial charge in [-0.1, -0.05) is 56.2 Å². The predicted molar refractivity (Wildman–Crippen MR) is 97.5 cm³/mol. The molecule has 0 amide bonds. The average Bonchev–Trinajstić information content (AvgIpc) is 2.55. The molecule has 2 aromatic rings. The zero-order chi connectivity index (χ0) is 15.6. The Morgan fingerprint density at radius 3 is 2.09 bits per heavy atom. The number of hydrogen-bond acceptors (Lipinski definition) is 2. The molecule has 0 radical (unpaired) electrons. The summed E-state index contributed by atoms with van der Waals surface area (Å²) in [5.41, 5.74) is 2.32. The van der Waals surface area contributed by atoms with Gasteiger partial charge in [0.1, 0.15) is 5.75 Å². The summed E-state index contributed by atoms with van der Waals surface area (Å²) in [4.78, 5) is 1.31. The third-order valence-corrected chi connectivity index (χ3v) is 4.54. The molecule has 116 valence electrons. The quantitative estimate of drug-likeness (QED) is 0.351. The number of hydrogen-bond donors (Lipinski definition) is 1. The third kappa shape index (κ3) is 5.61. The van der Waals surface area contributed by atoms with E-state index in [1.165, 1.54) is 29.7 Å². The number of rotatable bonds is 8. The van der Waals surface area contributed by atoms with Crippen molar-refractivity contribution in [2.75, 3.05) is 5.75 Å². The minimum absolute atomic E-state index is 0.308. The smallest absolute Gasteiger partial charge is 0.115 e. The summed E-state index contributed by atoms with van der Waals surface area (Å²) in [5.74, 6) is 1.43. The van der Waals surface area contributed by atoms with Gasteiger partial charge in [-0.3, -0.25) is 0 Å². The van der Waals surface area contributed by atoms with Crippen molar-refractivity contribution in [1.82, 2.24) is 0 Å². The van der Waals surface area contributed by atoms with Crippen LogP contribution < -0.4 is 0 Å². The first-order valence-corrected chi connectivity index (χ1v) is 8.95. The molecule has 0 aliphatic carbocycles. The molecule has 2 rings (SSSR count). The number of allylic oxidation sites excluding steroid dienone is 2. The third-order valence-electron chi connectivity index (χ3n) is 3.50. The Kier molecular flexibility index (Phi) is 7.11. The molecule has 22 heavy (non-hydrogen) atoms. The molecule has 2 aromatic carbocycles. The Morgan fingerprint density at radius 2 is 1.45 bits per heavy atom. The number of phenols is 1. The molecule has 1 nitrogen and oxygen atoms in total. The second kappa shape index (κ2) is 9.37. The number of phenolic OH excluding ortho intramolecular Hbond substituents is 1. The highest BCUT2D eigenvalue weighted by Crippen LogP contribution is 2.25. The van der Waals surface area contributed by atoms with E-state index in [1.54, 1.807) is 12.1 Å². The van der Waals surface area contributed by atoms with Crippen molar-refractivity contribution in [2.45, 2.75) is 37.5 Å². The molecule has 0 saturated carbocycles. The maximum absolute atomic E-state index is 9.33. The highest BCUT2D eigenvalue weighted by Gasteiger charge is 1.99. The molecule has 1 N–H and O–H groups in total. The molecular weight excluding hydrogens is 288 g/mol. The molecule has 0 saturated heterocycles. The molecule has 0 bridgehead atoms. The summed E-state index contributed by atoms with van der Waals surface area (Å²) in [7, 11) is 0. The summed E-state index contributed by atoms with van der Waals surface area (Å²) in [5, 5.41) is 9.33. The lowest BCUT2D eigenvalue weighted by Gasteiger charge is -2.04. The Labute approximate surface area is 138 Å². The van der Waals surface area contributed by atoms with Crippen LogP contribution in [-0.4, -0.2) is 10.9 Å². The van der Waals surface area contributed by atoms with Crippen molar-refractivity contribution in [2.24, 2.45) is 0 Å². The van der Waals surface area contributed by atoms with E-state index in [0.717, 1.165) is 17.7 Å². The second-order valence-electron chi connectivity index (χ2n) is 5.32. The van der Waals surface area contributed by atoms with E-state index < -0.39 is 0 Å². The molecule has 0 aliphatic heterocycles. The highest BCUT2D eigenvalue weighted by molar-refractivity contribution is 7.99. The first kappa shape index (κ1) is 16.7. The maximum Gasteiger partial charge on any atom is 0.115 e. The average molecular weight is 312 g/mol. The second-order valence-corrected chi connectivity index (χ2v) is 6.49. The Balaban J connectivity index is 1.79. The van der Waals surface area contributed by atoms with Gasteiger partial charge in [0.2, 0.25) is 0 Å². The minimum Gasteiger partial charge on any atom is -0.508 e. The van der Waals surface area contributed by atoms with Crippen LogP contribution in [0.5, 0.6) is 5.75 Å². The lowest BCUT2D eigenvalue weighted by atomic mass is 10.1. The van der Waals surface area contributed by atoms with E-state index in [0.29, 0.717) is 5.75 Å². The lowest BCUT2D eigenvalue weighted by molar-refractivity contribution is 0.475. The van der Waals surface area contributed by atoms with Crippen LogP contribution in [0.2, 0.25) is 0 Å². The molecule has 0 unspecified atom stereocenters. The minimum atomic E-state index is 0.308. The van der Waals surface area contributed by atoms with Crippen LogP contribution in [-0.2, 0) is 0 Å². The summed E-state index contributed by atoms with van der Waals surface area (Å²) < 4.78 is 0. The van der Waals surface area contributed by atoms with Gasteiger partial charge in [0.15, 0.2) is 0 Å². The zero-order valence-corrected chi connectivity index (χ0v) is 14.0. The highest BCUT2D eigenvalue weighted by atomic mass is 32.2. The van der Waals surface area contributed by atoms with Gasteiger partial charge in [-0.2, -0.15) is 0 Å². The topological polar surface area (TPSA) is 20.2 Å². The summed E-state index contributed by atoms with van der Waals surface area (Å²) in [6.45, 7) is 2.23. The Hall–Kier alpha value is -1.67. The summed E-state index contributed by atoms with van der Waals surface area (Å²) in [6, 6.07) is 16.0. The monoisotopic (exact) mass is 312 g/mol. The van der Waals surface area contributed by atoms with E-state index in [4.69, 9.17) is 0 Å². The lowest BCUT2D eigenvalue weighted by Crippen LogP contribution is -1.80. The van der Waals surface area contributed by atoms with Gasteiger partial charge < -0.3 is 5.11 Å². The van der Waals surface area contributed by atoms with E-state index >= 15 is 0 Å². The van der Waals surface area contributed by atoms with E-state index in [-0.39, 0.29) is 0 Å². The molecule has 0 aliphatic rings. The van der Waals surface area contributed by atoms with E-state index in [1.807, 2.05) is 23.9 Å². The first-order chi connectivity index (χ1) is 10.8. The Bertz CT molecular complexity index is 570. The van der Waals surface area contributed by atoms with Crippen molar-refractivity contribution >= 4 is 11.8 Å². The van der Waals surface area contributed by atoms with E-state index in [9.17, 15) is 5.11 Å². The van der Waals surface area contributed by atoms with Crippen molar-refractivity contribution in [1.29, 1.82) is 0 Å². The van der Waals surface area contributed by atoms with Gasteiger partial charge in [0.25, 0.3) is 0 Å². The van der Waals surface area contributed by atoms with Crippen LogP contribution >= 0.6 is 11.8 Å². The van der Waals surface area contributed by atoms with Crippen molar-refractivity contribution in [3.05, 3.63) is 60.7 Å². The molecule has 0 fully saturated rings. The molecular formula is C20H24OS. The van der Waals surface area contributed by atoms with Crippen LogP contribution in [0.15, 0.2) is 65.6 Å². The number of aromatic hydroxyl groups is 1. The molecule has 0 atom stereocenters. The number of thioether (sulfide) groups is 1. The summed E-state index contributed by atoms with van der Waals surface area (Å²) in [6.07, 6.45) is 9.51. The molecule has 0 heterocycles. The van der Waals surface area contributed by atoms with Gasteiger partial charge in [0, 0.05) is 10.6 Å². The first-order valence-electron chi connectivity index (χ1n) is 7.97. The largest absolute Gasteiger partial charge is 0.508 e. The van der Waals surface area contributed by atoms with Gasteiger partial charge in [-0.15, -0.1) is 11.8 Å². The normalized spacial score (nSPS) is 11.1. The maximum atomic E-state index is 9.33. The standard InChI is InChI=1S/C20H24OS/c1-2-3-4-5-6-7-16-22-20-14-10-18(11-15-20)17-8-12-19(21)13-9-17/h5-6,8-15,21H,2-4,7,16H2,1H3. The number of benzene rings is 2. The fourth-order valence-electron chi connectivity index (χ4n) is 2.20. The fraction of sp³-hybridized carbons (Fsp3) is 0.300. The zero-order valence-electron chi connectivity index (χ0n) is 13.2. The summed E-state index contributed by atoms with van der Waals surface area (Å²) >= 11 is 1.90. The van der Waals surface area contributed by atoms with Crippen molar-refractivity contribution in [3.8, 4) is 16.9 Å². The SMILES string of the molecule is CCCCC=CCCSc1ccc(-c2ccc(O)cc2)cc1. The van der Waals surface area contributed by atoms with Crippen LogP contribution in [0.3, 0.4) is 0 Å². The van der Waals surface area contributed by atoms with Gasteiger partial charge in [0.05, 0.1) is 0 Å². The van der Waals surface area contributed by atoms with Crippen molar-refractivity contribution in [3.63, 3.8) is 0 Å². The van der Waals surface area contributed by atoms with Crippen molar-refractivity contribution < 1.29 is 5.11 Å². The van der Waals surface area contributed by atoms with E-state index in [2.05, 4.69) is 43.3 Å². The van der Waals surface area contributed by atoms with Crippen LogP contribution in [0.1, 0.15) is 32.6 Å². The predicted octanol–water partition coefficient (Wildman–Crippen LogP) is 6.29. The van der Waals surface area contributed by atoms with Gasteiger partial charge >= 0.3 is 0 Å². The van der Waals surface area contributed by atoms with Crippen LogP contribution in [0.4, 0.5) is 0 Å².